The van der Waals surface area contributed by atoms with Gasteiger partial charge in [-0.05, 0) is 19.4 Å². The van der Waals surface area contributed by atoms with E-state index < -0.39 is 22.5 Å². The van der Waals surface area contributed by atoms with Crippen LogP contribution in [0.2, 0.25) is 0 Å². The van der Waals surface area contributed by atoms with E-state index in [1.54, 1.807) is 25.0 Å². The van der Waals surface area contributed by atoms with Crippen LogP contribution < -0.4 is 16.5 Å². The fraction of sp³-hybridized carbons (Fsp3) is 0.625. The molecule has 180 valence electrons. The first-order chi connectivity index (χ1) is 15.2. The van der Waals surface area contributed by atoms with Gasteiger partial charge in [-0.1, -0.05) is 0 Å². The van der Waals surface area contributed by atoms with Gasteiger partial charge in [-0.2, -0.15) is 18.6 Å². The zero-order valence-corrected chi connectivity index (χ0v) is 18.6. The lowest BCUT2D eigenvalue weighted by Crippen LogP contribution is -2.32. The lowest BCUT2D eigenvalue weighted by molar-refractivity contribution is -0.127. The van der Waals surface area contributed by atoms with Crippen molar-refractivity contribution < 1.29 is 31.7 Å². The molecule has 0 aliphatic carbocycles. The van der Waals surface area contributed by atoms with E-state index in [4.69, 9.17) is 15.1 Å². The number of urea groups is 1. The van der Waals surface area contributed by atoms with E-state index in [1.807, 2.05) is 0 Å². The van der Waals surface area contributed by atoms with Crippen LogP contribution in [0.15, 0.2) is 11.2 Å². The molecule has 3 rings (SSSR count). The normalized spacial score (nSPS) is 17.2. The predicted molar refractivity (Wildman–Crippen MR) is 111 cm³/mol. The third kappa shape index (κ3) is 7.13. The van der Waals surface area contributed by atoms with E-state index in [2.05, 4.69) is 25.2 Å². The number of hydroxylamine groups is 3. The second-order valence-corrected chi connectivity index (χ2v) is 7.82. The van der Waals surface area contributed by atoms with E-state index in [1.165, 1.54) is 11.2 Å². The van der Waals surface area contributed by atoms with Gasteiger partial charge in [0.15, 0.2) is 6.61 Å². The zero-order chi connectivity index (χ0) is 23.7. The summed E-state index contributed by atoms with van der Waals surface area (Å²) < 4.78 is 36.1. The first-order valence-corrected chi connectivity index (χ1v) is 11.0. The van der Waals surface area contributed by atoms with Crippen molar-refractivity contribution in [3.63, 3.8) is 0 Å². The lowest BCUT2D eigenvalue weighted by Gasteiger charge is -2.21. The summed E-state index contributed by atoms with van der Waals surface area (Å²) in [6.45, 7) is 1.93. The summed E-state index contributed by atoms with van der Waals surface area (Å²) in [7, 11) is -1.38. The number of nitrogens with two attached hydrogens (primary N) is 1. The molecule has 3 heterocycles. The Bertz CT molecular complexity index is 919. The van der Waals surface area contributed by atoms with Gasteiger partial charge in [0.05, 0.1) is 25.0 Å². The molecule has 1 atom stereocenters. The van der Waals surface area contributed by atoms with Crippen molar-refractivity contribution in [2.45, 2.75) is 25.4 Å². The number of unbranched alkanes of at least 4 members (excludes halogenated alkanes) is 1. The number of nitrogens with zero attached hydrogens (tertiary/aromatic N) is 5. The third-order valence-electron chi connectivity index (χ3n) is 4.52. The average molecular weight is 477 g/mol. The molecule has 0 aromatic carbocycles. The highest BCUT2D eigenvalue weighted by Crippen LogP contribution is 2.37. The monoisotopic (exact) mass is 476 g/mol. The largest absolute Gasteiger partial charge is 0.418 e. The van der Waals surface area contributed by atoms with Crippen LogP contribution in [0.1, 0.15) is 30.1 Å². The molecule has 1 aromatic rings. The second-order valence-electron chi connectivity index (χ2n) is 6.82. The zero-order valence-electron chi connectivity index (χ0n) is 17.8. The Balaban J connectivity index is 0.000000237. The molecule has 3 amide bonds. The molecule has 32 heavy (non-hydrogen) atoms. The quantitative estimate of drug-likeness (QED) is 0.101. The Morgan fingerprint density at radius 2 is 2.22 bits per heavy atom. The first-order valence-electron chi connectivity index (χ1n) is 9.68. The van der Waals surface area contributed by atoms with E-state index in [0.717, 1.165) is 24.1 Å². The molecule has 5 N–H and O–H groups in total. The van der Waals surface area contributed by atoms with Gasteiger partial charge < -0.3 is 16.0 Å². The molecule has 0 spiro atoms. The van der Waals surface area contributed by atoms with E-state index >= 15 is 0 Å². The van der Waals surface area contributed by atoms with Gasteiger partial charge in [0.25, 0.3) is 0 Å². The number of carbonyl (C=O) groups is 2. The van der Waals surface area contributed by atoms with E-state index in [0.29, 0.717) is 31.2 Å². The van der Waals surface area contributed by atoms with Crippen molar-refractivity contribution in [2.24, 2.45) is 17.8 Å². The minimum absolute atomic E-state index is 0.0192. The molecule has 0 radical (unpaired) electrons. The molecule has 1 fully saturated rings. The summed E-state index contributed by atoms with van der Waals surface area (Å²) in [6.07, 6.45) is 4.74. The standard InChI is InChI=1S/C8H10N4O5S.C8H18N4O2/c1-10-6-3-11-4-7(5(6)2-9-10)12(8(11)13)17-18(14,15)16;1-10-7-12-14-6-8(13)11-5-3-2-4-9/h2,7H,3-4H2,1H3,(H,14,15,16);7H,2-6,9H2,1H3,(H,10,12)(H,11,13). The Labute approximate surface area is 185 Å². The number of hydrogen-bond acceptors (Lipinski definition) is 9. The van der Waals surface area contributed by atoms with Crippen molar-refractivity contribution in [2.75, 3.05) is 33.3 Å². The van der Waals surface area contributed by atoms with E-state index in [-0.39, 0.29) is 12.5 Å². The molecule has 15 nitrogen and oxygen atoms in total. The number of fused-ring (bicyclic) bond motifs is 4. The molecule has 16 heteroatoms. The summed E-state index contributed by atoms with van der Waals surface area (Å²) in [4.78, 5) is 32.7. The second kappa shape index (κ2) is 11.7. The summed E-state index contributed by atoms with van der Waals surface area (Å²) >= 11 is 0. The molecule has 0 saturated carbocycles. The van der Waals surface area contributed by atoms with Crippen LogP contribution in [0.3, 0.4) is 0 Å². The van der Waals surface area contributed by atoms with Crippen LogP contribution in [0, 0.1) is 0 Å². The van der Waals surface area contributed by atoms with E-state index in [9.17, 15) is 18.0 Å². The maximum atomic E-state index is 11.9. The first kappa shape index (κ1) is 25.5. The Hall–Kier alpha value is -2.79. The predicted octanol–water partition coefficient (Wildman–Crippen LogP) is -1.53. The van der Waals surface area contributed by atoms with Crippen LogP contribution in [0.5, 0.6) is 0 Å². The van der Waals surface area contributed by atoms with Gasteiger partial charge in [-0.15, -0.1) is 4.28 Å². The van der Waals surface area contributed by atoms with Crippen LogP contribution >= 0.6 is 0 Å². The molecular formula is C16H28N8O7S. The van der Waals surface area contributed by atoms with Gasteiger partial charge in [-0.25, -0.2) is 4.79 Å². The van der Waals surface area contributed by atoms with Gasteiger partial charge in [0.2, 0.25) is 5.91 Å². The lowest BCUT2D eigenvalue weighted by atomic mass is 10.1. The summed E-state index contributed by atoms with van der Waals surface area (Å²) in [5.74, 6) is -0.154. The van der Waals surface area contributed by atoms with Gasteiger partial charge >= 0.3 is 16.4 Å². The van der Waals surface area contributed by atoms with Crippen molar-refractivity contribution >= 4 is 28.7 Å². The maximum absolute atomic E-state index is 11.9. The fourth-order valence-corrected chi connectivity index (χ4v) is 3.42. The Morgan fingerprint density at radius 1 is 1.47 bits per heavy atom. The van der Waals surface area contributed by atoms with Crippen LogP contribution in [0.25, 0.3) is 0 Å². The van der Waals surface area contributed by atoms with Crippen molar-refractivity contribution in [1.29, 1.82) is 0 Å². The fourth-order valence-electron chi connectivity index (χ4n) is 3.05. The topological polar surface area (TPSA) is 194 Å². The molecule has 1 saturated heterocycles. The highest BCUT2D eigenvalue weighted by atomic mass is 32.3. The van der Waals surface area contributed by atoms with Crippen LogP contribution in [0.4, 0.5) is 4.79 Å². The summed E-state index contributed by atoms with van der Waals surface area (Å²) in [5.41, 5.74) is 9.24. The Kier molecular flexibility index (Phi) is 9.33. The van der Waals surface area contributed by atoms with Crippen molar-refractivity contribution in [3.05, 3.63) is 17.5 Å². The summed E-state index contributed by atoms with van der Waals surface area (Å²) in [6, 6.07) is -1.16. The molecular weight excluding hydrogens is 448 g/mol. The average Bonchev–Trinajstić information content (AvgIpc) is 3.22. The molecule has 2 aliphatic heterocycles. The van der Waals surface area contributed by atoms with Gasteiger partial charge in [0.1, 0.15) is 12.4 Å². The van der Waals surface area contributed by atoms with Crippen LogP contribution in [-0.2, 0) is 37.9 Å². The molecule has 1 unspecified atom stereocenters. The number of aliphatic imine (C=N–C) groups is 1. The van der Waals surface area contributed by atoms with Crippen LogP contribution in [-0.4, -0.2) is 84.3 Å². The minimum Gasteiger partial charge on any atom is -0.354 e. The number of rotatable bonds is 10. The number of aryl methyl sites for hydroxylation is 1. The number of hydrogen-bond donors (Lipinski definition) is 4. The number of aromatic nitrogens is 2. The third-order valence-corrected chi connectivity index (χ3v) is 4.87. The highest BCUT2D eigenvalue weighted by Gasteiger charge is 2.47. The SMILES string of the molecule is CN=CNOCC(=O)NCCCCN.Cn1ncc2c1CN1CC2N(OS(=O)(=O)O)C1=O. The smallest absolute Gasteiger partial charge is 0.354 e. The van der Waals surface area contributed by atoms with Gasteiger partial charge in [0, 0.05) is 26.2 Å². The maximum Gasteiger partial charge on any atom is 0.418 e. The number of carbonyl (C=O) groups excluding carboxylic acids is 2. The molecule has 1 aromatic heterocycles. The Morgan fingerprint density at radius 3 is 2.88 bits per heavy atom. The minimum atomic E-state index is -4.72. The molecule has 2 bridgehead atoms. The van der Waals surface area contributed by atoms with Crippen molar-refractivity contribution in [1.82, 2.24) is 30.5 Å². The summed E-state index contributed by atoms with van der Waals surface area (Å²) in [5, 5.41) is 7.42. The number of amides is 3. The van der Waals surface area contributed by atoms with Crippen molar-refractivity contribution in [3.8, 4) is 0 Å². The van der Waals surface area contributed by atoms with Gasteiger partial charge in [-0.3, -0.25) is 29.3 Å². The molecule has 2 aliphatic rings. The number of nitrogens with one attached hydrogen (secondary N) is 2. The highest BCUT2D eigenvalue weighted by molar-refractivity contribution is 7.80.